The predicted molar refractivity (Wildman–Crippen MR) is 125 cm³/mol. The molecule has 0 saturated heterocycles. The lowest BCUT2D eigenvalue weighted by Crippen LogP contribution is -2.19. The van der Waals surface area contributed by atoms with Crippen LogP contribution in [0.2, 0.25) is 0 Å². The van der Waals surface area contributed by atoms with Crippen molar-refractivity contribution < 1.29 is 18.9 Å². The Morgan fingerprint density at radius 1 is 1.09 bits per heavy atom. The highest BCUT2D eigenvalue weighted by Gasteiger charge is 2.36. The van der Waals surface area contributed by atoms with E-state index in [4.69, 9.17) is 23.9 Å². The average Bonchev–Trinajstić information content (AvgIpc) is 2.97. The lowest BCUT2D eigenvalue weighted by molar-refractivity contribution is 0.158. The summed E-state index contributed by atoms with van der Waals surface area (Å²) in [5.74, 6) is 2.93. The van der Waals surface area contributed by atoms with E-state index in [0.29, 0.717) is 41.8 Å². The van der Waals surface area contributed by atoms with Crippen molar-refractivity contribution in [3.05, 3.63) is 27.5 Å². The maximum absolute atomic E-state index is 13.3. The fourth-order valence-corrected chi connectivity index (χ4v) is 6.05. The topological polar surface area (TPSA) is 87.1 Å². The number of ether oxygens (including phenoxy) is 4. The van der Waals surface area contributed by atoms with Crippen LogP contribution in [0.4, 0.5) is 5.82 Å². The van der Waals surface area contributed by atoms with Gasteiger partial charge in [-0.1, -0.05) is 37.4 Å². The van der Waals surface area contributed by atoms with Gasteiger partial charge in [0.15, 0.2) is 17.3 Å². The smallest absolute Gasteiger partial charge is 0.271 e. The first kappa shape index (κ1) is 21.3. The average molecular weight is 460 g/mol. The number of aromatic amines is 1. The van der Waals surface area contributed by atoms with Crippen molar-refractivity contribution in [1.82, 2.24) is 9.78 Å². The molecule has 0 spiro atoms. The van der Waals surface area contributed by atoms with Gasteiger partial charge in [-0.3, -0.25) is 14.6 Å². The molecule has 1 N–H and O–H groups in total. The van der Waals surface area contributed by atoms with E-state index in [1.54, 1.807) is 26.0 Å². The summed E-state index contributed by atoms with van der Waals surface area (Å²) in [5.41, 5.74) is 1.37. The summed E-state index contributed by atoms with van der Waals surface area (Å²) in [6.45, 7) is 2.86. The Labute approximate surface area is 191 Å². The number of fused-ring (bicyclic) bond motifs is 2. The third-order valence-corrected chi connectivity index (χ3v) is 7.56. The predicted octanol–water partition coefficient (Wildman–Crippen LogP) is 4.75. The van der Waals surface area contributed by atoms with Crippen LogP contribution in [0.25, 0.3) is 0 Å². The van der Waals surface area contributed by atoms with Crippen LogP contribution in [0.1, 0.15) is 67.9 Å². The van der Waals surface area contributed by atoms with Crippen molar-refractivity contribution in [3.63, 3.8) is 0 Å². The van der Waals surface area contributed by atoms with Crippen molar-refractivity contribution in [3.8, 4) is 23.0 Å². The number of thioether (sulfide) groups is 1. The van der Waals surface area contributed by atoms with Crippen molar-refractivity contribution in [2.75, 3.05) is 27.4 Å². The highest BCUT2D eigenvalue weighted by Crippen LogP contribution is 2.55. The van der Waals surface area contributed by atoms with Gasteiger partial charge in [0.1, 0.15) is 13.2 Å². The number of benzene rings is 1. The van der Waals surface area contributed by atoms with E-state index in [2.05, 4.69) is 5.10 Å². The molecule has 3 heterocycles. The number of hydrogen-bond acceptors (Lipinski definition) is 7. The van der Waals surface area contributed by atoms with Gasteiger partial charge in [0.2, 0.25) is 11.5 Å². The number of rotatable bonds is 4. The van der Waals surface area contributed by atoms with E-state index in [1.165, 1.54) is 25.7 Å². The highest BCUT2D eigenvalue weighted by molar-refractivity contribution is 8.14. The summed E-state index contributed by atoms with van der Waals surface area (Å²) in [7, 11) is 3.21. The molecule has 1 aromatic carbocycles. The molecule has 8 nitrogen and oxygen atoms in total. The number of H-pyrrole nitrogens is 1. The number of nitrogens with zero attached hydrogens (tertiary/aromatic N) is 2. The molecule has 1 aromatic heterocycles. The molecule has 1 saturated carbocycles. The Morgan fingerprint density at radius 2 is 1.81 bits per heavy atom. The summed E-state index contributed by atoms with van der Waals surface area (Å²) in [4.78, 5) is 18.1. The third-order valence-electron chi connectivity index (χ3n) is 6.41. The normalized spacial score (nSPS) is 20.8. The van der Waals surface area contributed by atoms with Crippen LogP contribution in [-0.4, -0.2) is 42.3 Å². The van der Waals surface area contributed by atoms with E-state index in [-0.39, 0.29) is 16.9 Å². The zero-order chi connectivity index (χ0) is 22.2. The maximum Gasteiger partial charge on any atom is 0.271 e. The Morgan fingerprint density at radius 3 is 2.50 bits per heavy atom. The van der Waals surface area contributed by atoms with Crippen molar-refractivity contribution >= 4 is 22.6 Å². The standard InChI is InChI=1S/C23H29N3O5S/c1-13-24-22-17(23(27)25-26(22)14-8-6-4-5-7-9-14)21(32-13)15-12-16(28-2)19-20(18(15)29-3)31-11-10-30-19/h12,14,21H,4-11H2,1-3H3,(H,25,27)/t21-/m1/s1. The Balaban J connectivity index is 1.66. The molecule has 0 unspecified atom stereocenters. The number of aromatic nitrogens is 2. The molecule has 1 atom stereocenters. The van der Waals surface area contributed by atoms with Crippen molar-refractivity contribution in [2.24, 2.45) is 4.99 Å². The second-order valence-corrected chi connectivity index (χ2v) is 9.68. The summed E-state index contributed by atoms with van der Waals surface area (Å²) >= 11 is 1.54. The molecule has 1 fully saturated rings. The van der Waals surface area contributed by atoms with Gasteiger partial charge in [-0.25, -0.2) is 4.99 Å². The van der Waals surface area contributed by atoms with E-state index in [1.807, 2.05) is 17.7 Å². The monoisotopic (exact) mass is 459 g/mol. The molecule has 0 radical (unpaired) electrons. The van der Waals surface area contributed by atoms with Gasteiger partial charge in [0.25, 0.3) is 5.56 Å². The minimum atomic E-state index is -0.294. The van der Waals surface area contributed by atoms with Gasteiger partial charge < -0.3 is 18.9 Å². The molecule has 2 aromatic rings. The van der Waals surface area contributed by atoms with Gasteiger partial charge in [-0.15, -0.1) is 0 Å². The Kier molecular flexibility index (Phi) is 5.84. The van der Waals surface area contributed by atoms with Gasteiger partial charge in [0.05, 0.1) is 36.1 Å². The van der Waals surface area contributed by atoms with Crippen molar-refractivity contribution in [1.29, 1.82) is 0 Å². The second kappa shape index (κ2) is 8.77. The minimum absolute atomic E-state index is 0.103. The number of aliphatic imine (C=N–C) groups is 1. The molecule has 1 aliphatic carbocycles. The van der Waals surface area contributed by atoms with Crippen LogP contribution in [0.15, 0.2) is 15.9 Å². The number of methoxy groups -OCH3 is 2. The molecule has 5 rings (SSSR count). The molecular formula is C23H29N3O5S. The first-order chi connectivity index (χ1) is 15.6. The third kappa shape index (κ3) is 3.56. The number of nitrogens with one attached hydrogen (secondary N) is 1. The maximum atomic E-state index is 13.3. The molecule has 3 aliphatic rings. The van der Waals surface area contributed by atoms with Crippen LogP contribution in [0, 0.1) is 0 Å². The zero-order valence-electron chi connectivity index (χ0n) is 18.7. The second-order valence-electron chi connectivity index (χ2n) is 8.38. The van der Waals surface area contributed by atoms with Gasteiger partial charge in [-0.05, 0) is 25.8 Å². The van der Waals surface area contributed by atoms with Gasteiger partial charge >= 0.3 is 0 Å². The van der Waals surface area contributed by atoms with E-state index < -0.39 is 0 Å². The molecule has 0 bridgehead atoms. The summed E-state index contributed by atoms with van der Waals surface area (Å²) in [6, 6.07) is 2.17. The molecule has 172 valence electrons. The first-order valence-electron chi connectivity index (χ1n) is 11.2. The van der Waals surface area contributed by atoms with Crippen LogP contribution in [0.3, 0.4) is 0 Å². The Bertz CT molecular complexity index is 1100. The summed E-state index contributed by atoms with van der Waals surface area (Å²) in [6.07, 6.45) is 6.97. The van der Waals surface area contributed by atoms with Crippen LogP contribution >= 0.6 is 11.8 Å². The van der Waals surface area contributed by atoms with E-state index >= 15 is 0 Å². The zero-order valence-corrected chi connectivity index (χ0v) is 19.5. The first-order valence-corrected chi connectivity index (χ1v) is 12.1. The molecule has 32 heavy (non-hydrogen) atoms. The van der Waals surface area contributed by atoms with Crippen LogP contribution < -0.4 is 24.5 Å². The van der Waals surface area contributed by atoms with Crippen LogP contribution in [0.5, 0.6) is 23.0 Å². The van der Waals surface area contributed by atoms with Gasteiger partial charge in [0, 0.05) is 5.56 Å². The minimum Gasteiger partial charge on any atom is -0.493 e. The SMILES string of the molecule is COc1cc([C@H]2SC(C)=Nc3c2c(=O)[nH]n3C2CCCCCC2)c(OC)c2c1OCCO2. The van der Waals surface area contributed by atoms with Crippen molar-refractivity contribution in [2.45, 2.75) is 56.7 Å². The molecular weight excluding hydrogens is 430 g/mol. The molecule has 0 amide bonds. The highest BCUT2D eigenvalue weighted by atomic mass is 32.2. The Hall–Kier alpha value is -2.55. The summed E-state index contributed by atoms with van der Waals surface area (Å²) < 4.78 is 25.1. The number of hydrogen-bond donors (Lipinski definition) is 1. The fourth-order valence-electron chi connectivity index (χ4n) is 4.94. The van der Waals surface area contributed by atoms with E-state index in [0.717, 1.165) is 29.3 Å². The summed E-state index contributed by atoms with van der Waals surface area (Å²) in [5, 5.41) is 3.72. The van der Waals surface area contributed by atoms with Gasteiger partial charge in [-0.2, -0.15) is 0 Å². The largest absolute Gasteiger partial charge is 0.493 e. The molecule has 2 aliphatic heterocycles. The lowest BCUT2D eigenvalue weighted by atomic mass is 10.0. The lowest BCUT2D eigenvalue weighted by Gasteiger charge is -2.28. The van der Waals surface area contributed by atoms with E-state index in [9.17, 15) is 4.79 Å². The van der Waals surface area contributed by atoms with Crippen LogP contribution in [-0.2, 0) is 0 Å². The molecule has 9 heteroatoms. The fraction of sp³-hybridized carbons (Fsp3) is 0.565. The quantitative estimate of drug-likeness (QED) is 0.664.